The first-order chi connectivity index (χ1) is 8.57. The van der Waals surface area contributed by atoms with E-state index in [0.29, 0.717) is 6.61 Å². The van der Waals surface area contributed by atoms with Crippen molar-refractivity contribution >= 4 is 0 Å². The topological polar surface area (TPSA) is 39.7 Å². The third-order valence-electron chi connectivity index (χ3n) is 2.71. The van der Waals surface area contributed by atoms with Crippen molar-refractivity contribution in [2.24, 2.45) is 0 Å². The molecular weight excluding hydrogens is 230 g/mol. The third-order valence-corrected chi connectivity index (χ3v) is 2.71. The van der Waals surface area contributed by atoms with E-state index in [2.05, 4.69) is 5.32 Å². The Morgan fingerprint density at radius 3 is 2.22 bits per heavy atom. The fourth-order valence-corrected chi connectivity index (χ4v) is 1.37. The van der Waals surface area contributed by atoms with Crippen molar-refractivity contribution in [2.75, 3.05) is 33.9 Å². The fraction of sp³-hybridized carbons (Fsp3) is 0.571. The summed E-state index contributed by atoms with van der Waals surface area (Å²) in [5.41, 5.74) is -0.139. The molecule has 0 aromatic heterocycles. The zero-order valence-electron chi connectivity index (χ0n) is 11.7. The molecule has 0 fully saturated rings. The predicted molar refractivity (Wildman–Crippen MR) is 72.4 cm³/mol. The van der Waals surface area contributed by atoms with E-state index in [1.54, 1.807) is 14.2 Å². The molecule has 0 saturated carbocycles. The lowest BCUT2D eigenvalue weighted by atomic mass is 10.1. The standard InChI is InChI=1S/C14H23NO3/c1-14(2,17-4)11-15-9-10-18-13-7-5-12(16-3)6-8-13/h5-8,15H,9-11H2,1-4H3. The maximum absolute atomic E-state index is 5.59. The number of nitrogens with one attached hydrogen (secondary N) is 1. The third kappa shape index (κ3) is 5.38. The van der Waals surface area contributed by atoms with Crippen LogP contribution in [-0.2, 0) is 4.74 Å². The summed E-state index contributed by atoms with van der Waals surface area (Å²) in [5, 5.41) is 3.29. The molecule has 4 nitrogen and oxygen atoms in total. The van der Waals surface area contributed by atoms with Crippen LogP contribution in [0.5, 0.6) is 11.5 Å². The summed E-state index contributed by atoms with van der Waals surface area (Å²) in [6.45, 7) is 6.31. The minimum Gasteiger partial charge on any atom is -0.497 e. The van der Waals surface area contributed by atoms with Crippen molar-refractivity contribution in [3.8, 4) is 11.5 Å². The van der Waals surface area contributed by atoms with E-state index in [9.17, 15) is 0 Å². The largest absolute Gasteiger partial charge is 0.497 e. The van der Waals surface area contributed by atoms with Crippen LogP contribution in [0.1, 0.15) is 13.8 Å². The highest BCUT2D eigenvalue weighted by Gasteiger charge is 2.14. The Morgan fingerprint density at radius 1 is 1.06 bits per heavy atom. The first-order valence-corrected chi connectivity index (χ1v) is 6.10. The average molecular weight is 253 g/mol. The lowest BCUT2D eigenvalue weighted by Crippen LogP contribution is -2.38. The zero-order valence-corrected chi connectivity index (χ0v) is 11.7. The van der Waals surface area contributed by atoms with E-state index in [-0.39, 0.29) is 5.60 Å². The lowest BCUT2D eigenvalue weighted by molar-refractivity contribution is 0.0229. The Labute approximate surface area is 109 Å². The Balaban J connectivity index is 2.17. The van der Waals surface area contributed by atoms with Crippen LogP contribution in [0.25, 0.3) is 0 Å². The molecule has 0 radical (unpaired) electrons. The second-order valence-corrected chi connectivity index (χ2v) is 4.66. The van der Waals surface area contributed by atoms with E-state index in [1.807, 2.05) is 38.1 Å². The van der Waals surface area contributed by atoms with Crippen LogP contribution in [0.4, 0.5) is 0 Å². The molecule has 0 bridgehead atoms. The van der Waals surface area contributed by atoms with Crippen LogP contribution >= 0.6 is 0 Å². The van der Waals surface area contributed by atoms with Gasteiger partial charge >= 0.3 is 0 Å². The van der Waals surface area contributed by atoms with Gasteiger partial charge in [-0.1, -0.05) is 0 Å². The molecular formula is C14H23NO3. The van der Waals surface area contributed by atoms with E-state index < -0.39 is 0 Å². The summed E-state index contributed by atoms with van der Waals surface area (Å²) in [5.74, 6) is 1.69. The molecule has 0 aliphatic carbocycles. The summed E-state index contributed by atoms with van der Waals surface area (Å²) in [4.78, 5) is 0. The number of ether oxygens (including phenoxy) is 3. The van der Waals surface area contributed by atoms with Crippen molar-refractivity contribution in [1.82, 2.24) is 5.32 Å². The highest BCUT2D eigenvalue weighted by molar-refractivity contribution is 5.31. The quantitative estimate of drug-likeness (QED) is 0.720. The van der Waals surface area contributed by atoms with Gasteiger partial charge in [0.15, 0.2) is 0 Å². The summed E-state index contributed by atoms with van der Waals surface area (Å²) in [6, 6.07) is 7.57. The van der Waals surface area contributed by atoms with Crippen LogP contribution < -0.4 is 14.8 Å². The van der Waals surface area contributed by atoms with Gasteiger partial charge in [-0.3, -0.25) is 0 Å². The summed E-state index contributed by atoms with van der Waals surface area (Å²) in [7, 11) is 3.37. The normalized spacial score (nSPS) is 11.3. The van der Waals surface area contributed by atoms with Gasteiger partial charge in [0.25, 0.3) is 0 Å². The smallest absolute Gasteiger partial charge is 0.119 e. The molecule has 0 atom stereocenters. The molecule has 0 spiro atoms. The van der Waals surface area contributed by atoms with E-state index in [1.165, 1.54) is 0 Å². The van der Waals surface area contributed by atoms with Crippen LogP contribution in [0.3, 0.4) is 0 Å². The molecule has 102 valence electrons. The van der Waals surface area contributed by atoms with Gasteiger partial charge in [-0.15, -0.1) is 0 Å². The van der Waals surface area contributed by atoms with E-state index >= 15 is 0 Å². The Kier molecular flexibility index (Phi) is 5.95. The van der Waals surface area contributed by atoms with Gasteiger partial charge in [-0.2, -0.15) is 0 Å². The van der Waals surface area contributed by atoms with Crippen LogP contribution in [0, 0.1) is 0 Å². The number of benzene rings is 1. The van der Waals surface area contributed by atoms with Crippen LogP contribution in [0.2, 0.25) is 0 Å². The van der Waals surface area contributed by atoms with Gasteiger partial charge in [0.05, 0.1) is 12.7 Å². The van der Waals surface area contributed by atoms with Crippen molar-refractivity contribution in [3.05, 3.63) is 24.3 Å². The van der Waals surface area contributed by atoms with Crippen molar-refractivity contribution in [3.63, 3.8) is 0 Å². The molecule has 0 unspecified atom stereocenters. The number of hydrogen-bond acceptors (Lipinski definition) is 4. The van der Waals surface area contributed by atoms with Crippen molar-refractivity contribution in [1.29, 1.82) is 0 Å². The van der Waals surface area contributed by atoms with Gasteiger partial charge in [-0.25, -0.2) is 0 Å². The molecule has 18 heavy (non-hydrogen) atoms. The van der Waals surface area contributed by atoms with Crippen molar-refractivity contribution in [2.45, 2.75) is 19.4 Å². The summed E-state index contributed by atoms with van der Waals surface area (Å²) >= 11 is 0. The minimum absolute atomic E-state index is 0.139. The average Bonchev–Trinajstić information content (AvgIpc) is 2.39. The maximum Gasteiger partial charge on any atom is 0.119 e. The van der Waals surface area contributed by atoms with Gasteiger partial charge < -0.3 is 19.5 Å². The number of rotatable bonds is 8. The molecule has 1 rings (SSSR count). The highest BCUT2D eigenvalue weighted by Crippen LogP contribution is 2.16. The molecule has 4 heteroatoms. The second kappa shape index (κ2) is 7.24. The Bertz CT molecular complexity index is 335. The molecule has 0 amide bonds. The van der Waals surface area contributed by atoms with Crippen LogP contribution in [-0.4, -0.2) is 39.5 Å². The van der Waals surface area contributed by atoms with E-state index in [0.717, 1.165) is 24.6 Å². The lowest BCUT2D eigenvalue weighted by Gasteiger charge is -2.23. The van der Waals surface area contributed by atoms with E-state index in [4.69, 9.17) is 14.2 Å². The van der Waals surface area contributed by atoms with Crippen LogP contribution in [0.15, 0.2) is 24.3 Å². The Morgan fingerprint density at radius 2 is 1.67 bits per heavy atom. The number of methoxy groups -OCH3 is 2. The first kappa shape index (κ1) is 14.8. The van der Waals surface area contributed by atoms with Crippen molar-refractivity contribution < 1.29 is 14.2 Å². The molecule has 0 saturated heterocycles. The number of hydrogen-bond donors (Lipinski definition) is 1. The summed E-state index contributed by atoms with van der Waals surface area (Å²) in [6.07, 6.45) is 0. The fourth-order valence-electron chi connectivity index (χ4n) is 1.37. The maximum atomic E-state index is 5.59. The predicted octanol–water partition coefficient (Wildman–Crippen LogP) is 2.09. The van der Waals surface area contributed by atoms with Gasteiger partial charge in [0.2, 0.25) is 0 Å². The molecule has 1 aromatic carbocycles. The monoisotopic (exact) mass is 253 g/mol. The van der Waals surface area contributed by atoms with Gasteiger partial charge in [0, 0.05) is 20.2 Å². The molecule has 1 N–H and O–H groups in total. The SMILES string of the molecule is COc1ccc(OCCNCC(C)(C)OC)cc1. The van der Waals surface area contributed by atoms with Gasteiger partial charge in [-0.05, 0) is 38.1 Å². The molecule has 1 aromatic rings. The second-order valence-electron chi connectivity index (χ2n) is 4.66. The Hall–Kier alpha value is -1.26. The minimum atomic E-state index is -0.139. The summed E-state index contributed by atoms with van der Waals surface area (Å²) < 4.78 is 16.0. The highest BCUT2D eigenvalue weighted by atomic mass is 16.5. The molecule has 0 heterocycles. The van der Waals surface area contributed by atoms with Gasteiger partial charge in [0.1, 0.15) is 18.1 Å². The first-order valence-electron chi connectivity index (χ1n) is 6.10. The molecule has 0 aliphatic rings. The molecule has 0 aliphatic heterocycles. The zero-order chi connectivity index (χ0) is 13.4.